The first-order chi connectivity index (χ1) is 12.2. The molecule has 0 fully saturated rings. The third-order valence-electron chi connectivity index (χ3n) is 5.54. The first-order valence-corrected chi connectivity index (χ1v) is 11.3. The molecule has 152 valence electrons. The Morgan fingerprint density at radius 2 is 1.00 bits per heavy atom. The van der Waals surface area contributed by atoms with Gasteiger partial charge in [0.1, 0.15) is 0 Å². The van der Waals surface area contributed by atoms with Gasteiger partial charge in [-0.15, -0.1) is 0 Å². The SMILES string of the molecule is CCCCCCCCCCCC(CCCCC)C(CCCC)N([O-])O. The van der Waals surface area contributed by atoms with Crippen molar-refractivity contribution in [2.75, 3.05) is 0 Å². The fourth-order valence-electron chi connectivity index (χ4n) is 3.84. The molecular weight excluding hydrogens is 310 g/mol. The Hall–Kier alpha value is -0.120. The molecule has 1 N–H and O–H groups in total. The summed E-state index contributed by atoms with van der Waals surface area (Å²) in [5.74, 6) is 0.366. The molecule has 0 spiro atoms. The van der Waals surface area contributed by atoms with Crippen LogP contribution >= 0.6 is 0 Å². The predicted molar refractivity (Wildman–Crippen MR) is 110 cm³/mol. The van der Waals surface area contributed by atoms with Gasteiger partial charge in [0.2, 0.25) is 0 Å². The van der Waals surface area contributed by atoms with Gasteiger partial charge < -0.3 is 10.4 Å². The van der Waals surface area contributed by atoms with E-state index in [0.29, 0.717) is 5.92 Å². The molecule has 2 unspecified atom stereocenters. The van der Waals surface area contributed by atoms with Crippen molar-refractivity contribution in [1.29, 1.82) is 0 Å². The molecule has 0 aliphatic heterocycles. The maximum absolute atomic E-state index is 11.7. The minimum absolute atomic E-state index is 0.189. The van der Waals surface area contributed by atoms with Crippen LogP contribution in [0.3, 0.4) is 0 Å². The van der Waals surface area contributed by atoms with E-state index in [1.54, 1.807) is 0 Å². The molecule has 3 nitrogen and oxygen atoms in total. The molecule has 0 rings (SSSR count). The molecule has 0 aromatic rings. The van der Waals surface area contributed by atoms with Gasteiger partial charge in [0.15, 0.2) is 0 Å². The summed E-state index contributed by atoms with van der Waals surface area (Å²) in [5.41, 5.74) is 0. The quantitative estimate of drug-likeness (QED) is 0.189. The molecule has 0 heterocycles. The van der Waals surface area contributed by atoms with Gasteiger partial charge in [0, 0.05) is 6.04 Å². The first kappa shape index (κ1) is 24.9. The minimum Gasteiger partial charge on any atom is -0.762 e. The Labute approximate surface area is 158 Å². The smallest absolute Gasteiger partial charge is 0.0245 e. The number of nitrogens with zero attached hydrogens (tertiary/aromatic N) is 1. The molecule has 0 aromatic heterocycles. The first-order valence-electron chi connectivity index (χ1n) is 11.3. The Kier molecular flexibility index (Phi) is 18.6. The van der Waals surface area contributed by atoms with Crippen molar-refractivity contribution < 1.29 is 5.21 Å². The average Bonchev–Trinajstić information content (AvgIpc) is 2.59. The minimum atomic E-state index is -0.189. The lowest BCUT2D eigenvalue weighted by Crippen LogP contribution is -2.34. The highest BCUT2D eigenvalue weighted by Crippen LogP contribution is 2.27. The molecule has 0 bridgehead atoms. The zero-order chi connectivity index (χ0) is 18.8. The Morgan fingerprint density at radius 3 is 1.48 bits per heavy atom. The zero-order valence-electron chi connectivity index (χ0n) is 17.5. The van der Waals surface area contributed by atoms with Gasteiger partial charge in [-0.2, -0.15) is 0 Å². The second-order valence-electron chi connectivity index (χ2n) is 7.89. The molecule has 0 aliphatic rings. The summed E-state index contributed by atoms with van der Waals surface area (Å²) in [7, 11) is 0. The fraction of sp³-hybridized carbons (Fsp3) is 1.00. The van der Waals surface area contributed by atoms with Crippen LogP contribution in [0.1, 0.15) is 130 Å². The van der Waals surface area contributed by atoms with Gasteiger partial charge in [-0.1, -0.05) is 111 Å². The van der Waals surface area contributed by atoms with Gasteiger partial charge in [-0.25, -0.2) is 0 Å². The average molecular weight is 357 g/mol. The van der Waals surface area contributed by atoms with Gasteiger partial charge in [-0.05, 0) is 25.2 Å². The fourth-order valence-corrected chi connectivity index (χ4v) is 3.84. The number of unbranched alkanes of at least 4 members (excludes halogenated alkanes) is 11. The van der Waals surface area contributed by atoms with E-state index in [9.17, 15) is 10.4 Å². The summed E-state index contributed by atoms with van der Waals surface area (Å²) in [5, 5.41) is 21.5. The monoisotopic (exact) mass is 356 g/mol. The molecule has 25 heavy (non-hydrogen) atoms. The van der Waals surface area contributed by atoms with Crippen molar-refractivity contribution in [3.05, 3.63) is 5.21 Å². The van der Waals surface area contributed by atoms with Crippen LogP contribution in [0.25, 0.3) is 0 Å². The lowest BCUT2D eigenvalue weighted by molar-refractivity contribution is -0.102. The van der Waals surface area contributed by atoms with Crippen LogP contribution in [-0.4, -0.2) is 16.5 Å². The van der Waals surface area contributed by atoms with Gasteiger partial charge in [0.05, 0.1) is 0 Å². The predicted octanol–water partition coefficient (Wildman–Crippen LogP) is 7.85. The summed E-state index contributed by atoms with van der Waals surface area (Å²) in [6, 6.07) is -0.189. The van der Waals surface area contributed by atoms with Crippen LogP contribution in [0, 0.1) is 11.1 Å². The van der Waals surface area contributed by atoms with E-state index < -0.39 is 0 Å². The lowest BCUT2D eigenvalue weighted by atomic mass is 9.86. The Morgan fingerprint density at radius 1 is 0.600 bits per heavy atom. The molecule has 2 atom stereocenters. The van der Waals surface area contributed by atoms with Crippen LogP contribution in [0.2, 0.25) is 0 Å². The molecule has 0 aromatic carbocycles. The molecule has 0 saturated heterocycles. The normalized spacial score (nSPS) is 14.2. The van der Waals surface area contributed by atoms with E-state index in [1.807, 2.05) is 0 Å². The summed E-state index contributed by atoms with van der Waals surface area (Å²) < 4.78 is 0. The Balaban J connectivity index is 4.07. The van der Waals surface area contributed by atoms with E-state index in [4.69, 9.17) is 0 Å². The Bertz CT molecular complexity index is 258. The van der Waals surface area contributed by atoms with E-state index in [1.165, 1.54) is 77.0 Å². The molecule has 0 saturated carbocycles. The van der Waals surface area contributed by atoms with Crippen molar-refractivity contribution in [2.24, 2.45) is 5.92 Å². The highest BCUT2D eigenvalue weighted by Gasteiger charge is 2.21. The van der Waals surface area contributed by atoms with Crippen LogP contribution in [0.4, 0.5) is 0 Å². The van der Waals surface area contributed by atoms with Crippen molar-refractivity contribution >= 4 is 0 Å². The van der Waals surface area contributed by atoms with Crippen LogP contribution in [0.5, 0.6) is 0 Å². The number of hydrogen-bond acceptors (Lipinski definition) is 3. The highest BCUT2D eigenvalue weighted by atomic mass is 16.8. The van der Waals surface area contributed by atoms with Gasteiger partial charge >= 0.3 is 0 Å². The maximum atomic E-state index is 11.7. The highest BCUT2D eigenvalue weighted by molar-refractivity contribution is 4.76. The van der Waals surface area contributed by atoms with Crippen LogP contribution in [-0.2, 0) is 0 Å². The van der Waals surface area contributed by atoms with Crippen LogP contribution in [0.15, 0.2) is 0 Å². The summed E-state index contributed by atoms with van der Waals surface area (Å²) in [4.78, 5) is 0. The van der Waals surface area contributed by atoms with Gasteiger partial charge in [0.25, 0.3) is 0 Å². The van der Waals surface area contributed by atoms with Crippen molar-refractivity contribution in [2.45, 2.75) is 136 Å². The van der Waals surface area contributed by atoms with E-state index in [-0.39, 0.29) is 11.3 Å². The molecule has 0 aliphatic carbocycles. The summed E-state index contributed by atoms with van der Waals surface area (Å²) in [6.45, 7) is 6.63. The van der Waals surface area contributed by atoms with E-state index >= 15 is 0 Å². The molecule has 3 heteroatoms. The number of hydrogen-bond donors (Lipinski definition) is 1. The maximum Gasteiger partial charge on any atom is 0.0245 e. The van der Waals surface area contributed by atoms with E-state index in [2.05, 4.69) is 20.8 Å². The molecule has 0 radical (unpaired) electrons. The number of rotatable bonds is 19. The summed E-state index contributed by atoms with van der Waals surface area (Å²) >= 11 is 0. The third kappa shape index (κ3) is 14.7. The van der Waals surface area contributed by atoms with Crippen molar-refractivity contribution in [3.8, 4) is 0 Å². The second-order valence-corrected chi connectivity index (χ2v) is 7.89. The standard InChI is InChI=1S/C22H46NO2/c1-4-7-10-11-12-13-14-15-17-19-21(18-16-8-5-2)22(23(24)25)20-9-6-3/h21-22,24H,4-20H2,1-3H3/q-1. The summed E-state index contributed by atoms with van der Waals surface area (Å²) in [6.07, 6.45) is 20.8. The van der Waals surface area contributed by atoms with Crippen LogP contribution < -0.4 is 0 Å². The van der Waals surface area contributed by atoms with Crippen molar-refractivity contribution in [1.82, 2.24) is 5.23 Å². The molecule has 0 amide bonds. The molecular formula is C22H46NO2-. The topological polar surface area (TPSA) is 46.5 Å². The van der Waals surface area contributed by atoms with E-state index in [0.717, 1.165) is 32.1 Å². The van der Waals surface area contributed by atoms with Gasteiger partial charge in [-0.3, -0.25) is 5.23 Å². The lowest BCUT2D eigenvalue weighted by Gasteiger charge is -2.37. The largest absolute Gasteiger partial charge is 0.762 e. The third-order valence-corrected chi connectivity index (χ3v) is 5.54. The second kappa shape index (κ2) is 18.7. The zero-order valence-corrected chi connectivity index (χ0v) is 17.5. The number of hydroxylamine groups is 2. The van der Waals surface area contributed by atoms with Crippen molar-refractivity contribution in [3.63, 3.8) is 0 Å².